The van der Waals surface area contributed by atoms with E-state index >= 15 is 0 Å². The van der Waals surface area contributed by atoms with E-state index < -0.39 is 12.0 Å². The molecular weight excluding hydrogens is 271 g/mol. The van der Waals surface area contributed by atoms with Crippen LogP contribution in [0, 0.1) is 13.8 Å². The quantitative estimate of drug-likeness (QED) is 0.916. The summed E-state index contributed by atoms with van der Waals surface area (Å²) in [4.78, 5) is 6.48. The largest absolute Gasteiger partial charge is 0.451 e. The van der Waals surface area contributed by atoms with Crippen molar-refractivity contribution < 1.29 is 17.9 Å². The Balaban J connectivity index is 2.39. The summed E-state index contributed by atoms with van der Waals surface area (Å²) < 4.78 is 43.2. The van der Waals surface area contributed by atoms with Gasteiger partial charge in [0, 0.05) is 6.07 Å². The topological polar surface area (TPSA) is 61.0 Å². The first-order valence-electron chi connectivity index (χ1n) is 5.73. The predicted molar refractivity (Wildman–Crippen MR) is 67.4 cm³/mol. The number of hydrogen-bond acceptors (Lipinski definition) is 4. The lowest BCUT2D eigenvalue weighted by molar-refractivity contribution is -0.145. The molecular formula is C13H12F3N3O. The maximum absolute atomic E-state index is 12.6. The fourth-order valence-corrected chi connectivity index (χ4v) is 1.57. The van der Waals surface area contributed by atoms with Crippen LogP contribution in [0.1, 0.15) is 17.0 Å². The minimum Gasteiger partial charge on any atom is -0.439 e. The van der Waals surface area contributed by atoms with Crippen LogP contribution >= 0.6 is 0 Å². The highest BCUT2D eigenvalue weighted by Gasteiger charge is 2.35. The molecule has 0 saturated carbocycles. The number of nitrogens with zero attached hydrogens (tertiary/aromatic N) is 2. The summed E-state index contributed by atoms with van der Waals surface area (Å²) in [5.74, 6) is -1.43. The molecule has 0 aliphatic rings. The van der Waals surface area contributed by atoms with Crippen LogP contribution in [0.3, 0.4) is 0 Å². The van der Waals surface area contributed by atoms with Gasteiger partial charge in [-0.05, 0) is 31.0 Å². The fourth-order valence-electron chi connectivity index (χ4n) is 1.57. The van der Waals surface area contributed by atoms with Gasteiger partial charge in [-0.3, -0.25) is 0 Å². The molecule has 0 unspecified atom stereocenters. The van der Waals surface area contributed by atoms with Gasteiger partial charge in [0.1, 0.15) is 11.6 Å². The highest BCUT2D eigenvalue weighted by molar-refractivity contribution is 5.42. The van der Waals surface area contributed by atoms with E-state index in [1.165, 1.54) is 0 Å². The molecule has 1 aromatic heterocycles. The molecule has 0 aliphatic heterocycles. The maximum atomic E-state index is 12.6. The predicted octanol–water partition coefficient (Wildman–Crippen LogP) is 3.49. The van der Waals surface area contributed by atoms with E-state index in [2.05, 4.69) is 9.97 Å². The lowest BCUT2D eigenvalue weighted by atomic mass is 10.1. The van der Waals surface area contributed by atoms with E-state index in [0.717, 1.165) is 17.2 Å². The van der Waals surface area contributed by atoms with Crippen molar-refractivity contribution in [1.82, 2.24) is 9.97 Å². The molecule has 0 atom stereocenters. The van der Waals surface area contributed by atoms with Gasteiger partial charge in [0.25, 0.3) is 0 Å². The Morgan fingerprint density at radius 1 is 1.15 bits per heavy atom. The summed E-state index contributed by atoms with van der Waals surface area (Å²) in [6, 6.07) is 6.41. The molecule has 0 fully saturated rings. The molecule has 7 heteroatoms. The number of halogens is 3. The maximum Gasteiger partial charge on any atom is 0.451 e. The van der Waals surface area contributed by atoms with E-state index in [-0.39, 0.29) is 11.7 Å². The Hall–Kier alpha value is -2.31. The molecule has 1 aromatic carbocycles. The fraction of sp³-hybridized carbons (Fsp3) is 0.231. The molecule has 0 radical (unpaired) electrons. The third-order valence-corrected chi connectivity index (χ3v) is 2.75. The number of nitrogen functional groups attached to an aromatic ring is 1. The normalized spacial score (nSPS) is 11.4. The van der Waals surface area contributed by atoms with Crippen LogP contribution in [0.2, 0.25) is 0 Å². The SMILES string of the molecule is Cc1cccc(Oc2cc(N)nc(C(F)(F)F)n2)c1C. The highest BCUT2D eigenvalue weighted by Crippen LogP contribution is 2.31. The Kier molecular flexibility index (Phi) is 3.52. The lowest BCUT2D eigenvalue weighted by Crippen LogP contribution is -2.13. The second-order valence-electron chi connectivity index (χ2n) is 4.25. The molecule has 1 heterocycles. The van der Waals surface area contributed by atoms with Crippen molar-refractivity contribution in [2.45, 2.75) is 20.0 Å². The highest BCUT2D eigenvalue weighted by atomic mass is 19.4. The van der Waals surface area contributed by atoms with Crippen LogP contribution in [-0.4, -0.2) is 9.97 Å². The van der Waals surface area contributed by atoms with Crippen molar-refractivity contribution in [2.24, 2.45) is 0 Å². The number of anilines is 1. The van der Waals surface area contributed by atoms with Gasteiger partial charge in [0.15, 0.2) is 0 Å². The molecule has 0 saturated heterocycles. The van der Waals surface area contributed by atoms with Crippen LogP contribution in [-0.2, 0) is 6.18 Å². The summed E-state index contributed by atoms with van der Waals surface area (Å²) in [6.45, 7) is 3.68. The van der Waals surface area contributed by atoms with Crippen molar-refractivity contribution in [3.05, 3.63) is 41.2 Å². The molecule has 0 aliphatic carbocycles. The van der Waals surface area contributed by atoms with E-state index in [9.17, 15) is 13.2 Å². The average molecular weight is 283 g/mol. The molecule has 4 nitrogen and oxygen atoms in total. The van der Waals surface area contributed by atoms with Gasteiger partial charge < -0.3 is 10.5 Å². The zero-order valence-corrected chi connectivity index (χ0v) is 10.8. The van der Waals surface area contributed by atoms with E-state index in [0.29, 0.717) is 5.75 Å². The third kappa shape index (κ3) is 2.98. The van der Waals surface area contributed by atoms with Gasteiger partial charge >= 0.3 is 6.18 Å². The standard InChI is InChI=1S/C13H12F3N3O/c1-7-4-3-5-9(8(7)2)20-11-6-10(17)18-12(19-11)13(14,15)16/h3-6H,1-2H3,(H2,17,18,19). The number of alkyl halides is 3. The lowest BCUT2D eigenvalue weighted by Gasteiger charge is -2.11. The Morgan fingerprint density at radius 3 is 2.50 bits per heavy atom. The second kappa shape index (κ2) is 4.99. The summed E-state index contributed by atoms with van der Waals surface area (Å²) in [5, 5.41) is 0. The van der Waals surface area contributed by atoms with E-state index in [1.807, 2.05) is 13.0 Å². The van der Waals surface area contributed by atoms with Crippen molar-refractivity contribution in [1.29, 1.82) is 0 Å². The van der Waals surface area contributed by atoms with Crippen molar-refractivity contribution in [3.8, 4) is 11.6 Å². The number of nitrogens with two attached hydrogens (primary N) is 1. The second-order valence-corrected chi connectivity index (χ2v) is 4.25. The molecule has 0 amide bonds. The van der Waals surface area contributed by atoms with Gasteiger partial charge in [0.05, 0.1) is 0 Å². The van der Waals surface area contributed by atoms with Crippen LogP contribution in [0.15, 0.2) is 24.3 Å². The summed E-state index contributed by atoms with van der Waals surface area (Å²) >= 11 is 0. The average Bonchev–Trinajstić information content (AvgIpc) is 2.33. The first-order chi connectivity index (χ1) is 9.27. The molecule has 20 heavy (non-hydrogen) atoms. The Labute approximate surface area is 113 Å². The monoisotopic (exact) mass is 283 g/mol. The summed E-state index contributed by atoms with van der Waals surface area (Å²) in [5.41, 5.74) is 7.12. The van der Waals surface area contributed by atoms with Crippen LogP contribution < -0.4 is 10.5 Å². The molecule has 0 bridgehead atoms. The number of benzene rings is 1. The number of rotatable bonds is 2. The number of ether oxygens (including phenoxy) is 1. The number of aromatic nitrogens is 2. The third-order valence-electron chi connectivity index (χ3n) is 2.75. The number of aryl methyl sites for hydroxylation is 1. The van der Waals surface area contributed by atoms with Crippen molar-refractivity contribution in [3.63, 3.8) is 0 Å². The summed E-state index contributed by atoms with van der Waals surface area (Å²) in [6.07, 6.45) is -4.67. The van der Waals surface area contributed by atoms with E-state index in [1.54, 1.807) is 19.1 Å². The van der Waals surface area contributed by atoms with Gasteiger partial charge in [-0.2, -0.15) is 18.2 Å². The van der Waals surface area contributed by atoms with Crippen molar-refractivity contribution >= 4 is 5.82 Å². The molecule has 2 rings (SSSR count). The Morgan fingerprint density at radius 2 is 1.85 bits per heavy atom. The van der Waals surface area contributed by atoms with Gasteiger partial charge in [-0.25, -0.2) is 4.98 Å². The van der Waals surface area contributed by atoms with Gasteiger partial charge in [-0.1, -0.05) is 12.1 Å². The molecule has 106 valence electrons. The minimum absolute atomic E-state index is 0.237. The zero-order chi connectivity index (χ0) is 14.9. The first kappa shape index (κ1) is 14.1. The van der Waals surface area contributed by atoms with Crippen LogP contribution in [0.25, 0.3) is 0 Å². The van der Waals surface area contributed by atoms with E-state index in [4.69, 9.17) is 10.5 Å². The molecule has 2 N–H and O–H groups in total. The van der Waals surface area contributed by atoms with Crippen molar-refractivity contribution in [2.75, 3.05) is 5.73 Å². The van der Waals surface area contributed by atoms with Crippen LogP contribution in [0.5, 0.6) is 11.6 Å². The summed E-state index contributed by atoms with van der Waals surface area (Å²) in [7, 11) is 0. The van der Waals surface area contributed by atoms with Crippen LogP contribution in [0.4, 0.5) is 19.0 Å². The molecule has 0 spiro atoms. The van der Waals surface area contributed by atoms with Gasteiger partial charge in [0.2, 0.25) is 11.7 Å². The Bertz CT molecular complexity index is 641. The zero-order valence-electron chi connectivity index (χ0n) is 10.8. The first-order valence-corrected chi connectivity index (χ1v) is 5.73. The number of hydrogen-bond donors (Lipinski definition) is 1. The van der Waals surface area contributed by atoms with Gasteiger partial charge in [-0.15, -0.1) is 0 Å². The smallest absolute Gasteiger partial charge is 0.439 e. The minimum atomic E-state index is -4.67. The molecule has 2 aromatic rings.